The molecular formula is C15H14N2O. The van der Waals surface area contributed by atoms with E-state index in [1.807, 2.05) is 54.6 Å². The van der Waals surface area contributed by atoms with Crippen LogP contribution >= 0.6 is 0 Å². The second kappa shape index (κ2) is 4.45. The third-order valence-electron chi connectivity index (χ3n) is 2.89. The van der Waals surface area contributed by atoms with Crippen molar-refractivity contribution in [3.63, 3.8) is 0 Å². The van der Waals surface area contributed by atoms with Crippen LogP contribution in [0.4, 0.5) is 5.69 Å². The van der Waals surface area contributed by atoms with Crippen molar-refractivity contribution < 1.29 is 4.74 Å². The lowest BCUT2D eigenvalue weighted by Gasteiger charge is -2.03. The number of nitrogens with two attached hydrogens (primary N) is 1. The zero-order chi connectivity index (χ0) is 12.4. The maximum absolute atomic E-state index is 5.92. The molecule has 0 spiro atoms. The zero-order valence-corrected chi connectivity index (χ0v) is 9.89. The summed E-state index contributed by atoms with van der Waals surface area (Å²) in [6, 6.07) is 17.7. The van der Waals surface area contributed by atoms with E-state index in [4.69, 9.17) is 10.5 Å². The molecule has 0 atom stereocenters. The van der Waals surface area contributed by atoms with E-state index >= 15 is 0 Å². The summed E-state index contributed by atoms with van der Waals surface area (Å²) >= 11 is 0. The number of rotatable bonds is 3. The van der Waals surface area contributed by atoms with Gasteiger partial charge in [-0.25, -0.2) is 0 Å². The molecule has 0 saturated heterocycles. The molecule has 90 valence electrons. The van der Waals surface area contributed by atoms with Crippen LogP contribution in [-0.4, -0.2) is 4.98 Å². The fourth-order valence-corrected chi connectivity index (χ4v) is 1.99. The first-order valence-electron chi connectivity index (χ1n) is 5.87. The first-order valence-corrected chi connectivity index (χ1v) is 5.87. The van der Waals surface area contributed by atoms with Crippen molar-refractivity contribution in [2.75, 3.05) is 5.73 Å². The maximum atomic E-state index is 5.92. The highest BCUT2D eigenvalue weighted by Crippen LogP contribution is 2.22. The normalized spacial score (nSPS) is 10.7. The van der Waals surface area contributed by atoms with Crippen molar-refractivity contribution in [2.45, 2.75) is 6.61 Å². The van der Waals surface area contributed by atoms with Crippen LogP contribution in [0.25, 0.3) is 10.9 Å². The van der Waals surface area contributed by atoms with Gasteiger partial charge in [0.1, 0.15) is 12.4 Å². The third kappa shape index (κ3) is 2.02. The van der Waals surface area contributed by atoms with E-state index in [0.29, 0.717) is 6.61 Å². The second-order valence-corrected chi connectivity index (χ2v) is 4.20. The van der Waals surface area contributed by atoms with Gasteiger partial charge in [0.2, 0.25) is 0 Å². The molecule has 3 rings (SSSR count). The van der Waals surface area contributed by atoms with E-state index in [0.717, 1.165) is 28.0 Å². The standard InChI is InChI=1S/C15H14N2O/c16-14-7-4-8-15-13(14)9-11(17-15)10-18-12-5-2-1-3-6-12/h1-9,17H,10,16H2. The number of hydrogen-bond acceptors (Lipinski definition) is 2. The molecule has 0 unspecified atom stereocenters. The molecule has 3 N–H and O–H groups in total. The SMILES string of the molecule is Nc1cccc2[nH]c(COc3ccccc3)cc12. The third-order valence-corrected chi connectivity index (χ3v) is 2.89. The highest BCUT2D eigenvalue weighted by molar-refractivity contribution is 5.91. The van der Waals surface area contributed by atoms with Gasteiger partial charge in [-0.05, 0) is 30.3 Å². The predicted octanol–water partition coefficient (Wildman–Crippen LogP) is 3.33. The minimum absolute atomic E-state index is 0.512. The summed E-state index contributed by atoms with van der Waals surface area (Å²) in [6.07, 6.45) is 0. The number of aromatic nitrogens is 1. The van der Waals surface area contributed by atoms with E-state index in [2.05, 4.69) is 4.98 Å². The van der Waals surface area contributed by atoms with E-state index in [1.54, 1.807) is 0 Å². The molecule has 0 bridgehead atoms. The fraction of sp³-hybridized carbons (Fsp3) is 0.0667. The number of benzene rings is 2. The molecule has 18 heavy (non-hydrogen) atoms. The van der Waals surface area contributed by atoms with Crippen LogP contribution in [0.5, 0.6) is 5.75 Å². The smallest absolute Gasteiger partial charge is 0.128 e. The number of anilines is 1. The Labute approximate surface area is 105 Å². The number of ether oxygens (including phenoxy) is 1. The summed E-state index contributed by atoms with van der Waals surface area (Å²) in [7, 11) is 0. The number of para-hydroxylation sites is 1. The molecule has 0 saturated carbocycles. The highest BCUT2D eigenvalue weighted by Gasteiger charge is 2.03. The van der Waals surface area contributed by atoms with E-state index in [-0.39, 0.29) is 0 Å². The van der Waals surface area contributed by atoms with Crippen LogP contribution in [0.2, 0.25) is 0 Å². The molecular weight excluding hydrogens is 224 g/mol. The predicted molar refractivity (Wildman–Crippen MR) is 73.5 cm³/mol. The van der Waals surface area contributed by atoms with Crippen LogP contribution < -0.4 is 10.5 Å². The molecule has 0 aliphatic carbocycles. The van der Waals surface area contributed by atoms with Gasteiger partial charge in [-0.1, -0.05) is 24.3 Å². The number of hydrogen-bond donors (Lipinski definition) is 2. The Morgan fingerprint density at radius 1 is 1.00 bits per heavy atom. The van der Waals surface area contributed by atoms with Gasteiger partial charge in [-0.15, -0.1) is 0 Å². The lowest BCUT2D eigenvalue weighted by atomic mass is 10.2. The topological polar surface area (TPSA) is 51.0 Å². The van der Waals surface area contributed by atoms with E-state index in [9.17, 15) is 0 Å². The Hall–Kier alpha value is -2.42. The van der Waals surface area contributed by atoms with Crippen molar-refractivity contribution in [1.82, 2.24) is 4.98 Å². The zero-order valence-electron chi connectivity index (χ0n) is 9.89. The Balaban J connectivity index is 1.81. The quantitative estimate of drug-likeness (QED) is 0.688. The monoisotopic (exact) mass is 238 g/mol. The van der Waals surface area contributed by atoms with Gasteiger partial charge in [-0.3, -0.25) is 0 Å². The molecule has 0 radical (unpaired) electrons. The molecule has 0 amide bonds. The Morgan fingerprint density at radius 3 is 2.61 bits per heavy atom. The lowest BCUT2D eigenvalue weighted by Crippen LogP contribution is -1.94. The summed E-state index contributed by atoms with van der Waals surface area (Å²) in [5.41, 5.74) is 8.77. The van der Waals surface area contributed by atoms with Crippen LogP contribution in [0.3, 0.4) is 0 Å². The Bertz CT molecular complexity index is 659. The van der Waals surface area contributed by atoms with Gasteiger partial charge in [0.25, 0.3) is 0 Å². The highest BCUT2D eigenvalue weighted by atomic mass is 16.5. The molecule has 0 aliphatic rings. The lowest BCUT2D eigenvalue weighted by molar-refractivity contribution is 0.302. The van der Waals surface area contributed by atoms with Crippen molar-refractivity contribution in [1.29, 1.82) is 0 Å². The Kier molecular flexibility index (Phi) is 2.65. The molecule has 3 aromatic rings. The van der Waals surface area contributed by atoms with Crippen LogP contribution in [-0.2, 0) is 6.61 Å². The number of aromatic amines is 1. The minimum atomic E-state index is 0.512. The van der Waals surface area contributed by atoms with Gasteiger partial charge in [0, 0.05) is 16.6 Å². The van der Waals surface area contributed by atoms with Crippen molar-refractivity contribution in [3.05, 3.63) is 60.3 Å². The number of nitrogen functional groups attached to an aromatic ring is 1. The molecule has 2 aromatic carbocycles. The van der Waals surface area contributed by atoms with Crippen LogP contribution in [0.1, 0.15) is 5.69 Å². The number of nitrogens with one attached hydrogen (secondary N) is 1. The average molecular weight is 238 g/mol. The van der Waals surface area contributed by atoms with E-state index in [1.165, 1.54) is 0 Å². The number of fused-ring (bicyclic) bond motifs is 1. The van der Waals surface area contributed by atoms with Crippen LogP contribution in [0.15, 0.2) is 54.6 Å². The van der Waals surface area contributed by atoms with Gasteiger partial charge < -0.3 is 15.5 Å². The number of H-pyrrole nitrogens is 1. The van der Waals surface area contributed by atoms with Gasteiger partial charge in [0.15, 0.2) is 0 Å². The molecule has 0 aliphatic heterocycles. The Morgan fingerprint density at radius 2 is 1.83 bits per heavy atom. The second-order valence-electron chi connectivity index (χ2n) is 4.20. The summed E-state index contributed by atoms with van der Waals surface area (Å²) < 4.78 is 5.69. The molecule has 1 aromatic heterocycles. The van der Waals surface area contributed by atoms with Crippen molar-refractivity contribution in [2.24, 2.45) is 0 Å². The van der Waals surface area contributed by atoms with Gasteiger partial charge in [-0.2, -0.15) is 0 Å². The van der Waals surface area contributed by atoms with Gasteiger partial charge >= 0.3 is 0 Å². The van der Waals surface area contributed by atoms with E-state index < -0.39 is 0 Å². The van der Waals surface area contributed by atoms with Crippen molar-refractivity contribution >= 4 is 16.6 Å². The maximum Gasteiger partial charge on any atom is 0.128 e. The van der Waals surface area contributed by atoms with Crippen molar-refractivity contribution in [3.8, 4) is 5.75 Å². The summed E-state index contributed by atoms with van der Waals surface area (Å²) in [5.74, 6) is 0.865. The van der Waals surface area contributed by atoms with Gasteiger partial charge in [0.05, 0.1) is 5.69 Å². The summed E-state index contributed by atoms with van der Waals surface area (Å²) in [5, 5.41) is 1.05. The minimum Gasteiger partial charge on any atom is -0.487 e. The molecule has 1 heterocycles. The summed E-state index contributed by atoms with van der Waals surface area (Å²) in [6.45, 7) is 0.512. The first kappa shape index (κ1) is 10.7. The largest absolute Gasteiger partial charge is 0.487 e. The molecule has 0 fully saturated rings. The van der Waals surface area contributed by atoms with Crippen LogP contribution in [0, 0.1) is 0 Å². The summed E-state index contributed by atoms with van der Waals surface area (Å²) in [4.78, 5) is 3.30. The first-order chi connectivity index (χ1) is 8.83. The fourth-order valence-electron chi connectivity index (χ4n) is 1.99. The average Bonchev–Trinajstić information content (AvgIpc) is 2.82. The molecule has 3 heteroatoms. The molecule has 3 nitrogen and oxygen atoms in total.